The van der Waals surface area contributed by atoms with Crippen molar-refractivity contribution in [3.8, 4) is 0 Å². The molecule has 132 valence electrons. The van der Waals surface area contributed by atoms with Gasteiger partial charge in [0.1, 0.15) is 30.2 Å². The third-order valence-electron chi connectivity index (χ3n) is 3.43. The summed E-state index contributed by atoms with van der Waals surface area (Å²) in [6.07, 6.45) is -2.79. The highest BCUT2D eigenvalue weighted by Gasteiger charge is 2.48. The molecule has 0 radical (unpaired) electrons. The highest BCUT2D eigenvalue weighted by Crippen LogP contribution is 2.43. The number of nitrogen functional groups attached to an aromatic ring is 1. The zero-order valence-corrected chi connectivity index (χ0v) is 14.2. The van der Waals surface area contributed by atoms with Crippen LogP contribution in [0.4, 0.5) is 5.82 Å². The topological polar surface area (TPSA) is 186 Å². The standard InChI is InChI=1S/C10H13BrN5O7P/c11-7(23-24(19,20)21)6-4(17)5(18)10(22-6)16-2-15-3-8(12)13-1-14-9(3)16/h1-2,4-7,10,17-18H,(H2,12,13,14)(H2,19,20,21)/t4-,5+,6-,7?,10+/m0/s1. The molecule has 2 aromatic rings. The number of hydrogen-bond acceptors (Lipinski definition) is 9. The number of ether oxygens (including phenoxy) is 1. The molecule has 0 spiro atoms. The molecule has 0 aliphatic carbocycles. The van der Waals surface area contributed by atoms with Gasteiger partial charge in [-0.15, -0.1) is 0 Å². The van der Waals surface area contributed by atoms with Gasteiger partial charge in [-0.05, 0) is 0 Å². The average Bonchev–Trinajstić information content (AvgIpc) is 3.01. The van der Waals surface area contributed by atoms with Crippen LogP contribution in [-0.2, 0) is 13.8 Å². The maximum absolute atomic E-state index is 10.9. The predicted molar refractivity (Wildman–Crippen MR) is 81.5 cm³/mol. The van der Waals surface area contributed by atoms with Gasteiger partial charge in [-0.3, -0.25) is 9.09 Å². The molecule has 3 heterocycles. The second-order valence-corrected chi connectivity index (χ2v) is 7.10. The number of phosphoric ester groups is 1. The summed E-state index contributed by atoms with van der Waals surface area (Å²) < 4.78 is 22.2. The van der Waals surface area contributed by atoms with E-state index in [0.717, 1.165) is 0 Å². The summed E-state index contributed by atoms with van der Waals surface area (Å²) in [4.78, 5) is 29.5. The number of imidazole rings is 1. The molecule has 0 amide bonds. The van der Waals surface area contributed by atoms with Gasteiger partial charge >= 0.3 is 7.82 Å². The summed E-state index contributed by atoms with van der Waals surface area (Å²) in [6.45, 7) is 0. The summed E-state index contributed by atoms with van der Waals surface area (Å²) in [5, 5.41) is 18.9. The summed E-state index contributed by atoms with van der Waals surface area (Å²) in [5.41, 5.74) is 6.23. The maximum atomic E-state index is 10.9. The van der Waals surface area contributed by atoms with Crippen LogP contribution < -0.4 is 5.73 Å². The number of nitrogens with zero attached hydrogens (tertiary/aromatic N) is 4. The first-order valence-electron chi connectivity index (χ1n) is 6.51. The normalized spacial score (nSPS) is 29.2. The van der Waals surface area contributed by atoms with Crippen LogP contribution in [0.1, 0.15) is 6.23 Å². The van der Waals surface area contributed by atoms with E-state index >= 15 is 0 Å². The second-order valence-electron chi connectivity index (χ2n) is 5.00. The average molecular weight is 426 g/mol. The molecule has 0 saturated carbocycles. The van der Waals surface area contributed by atoms with Crippen LogP contribution in [0.5, 0.6) is 0 Å². The fourth-order valence-corrected chi connectivity index (χ4v) is 3.85. The summed E-state index contributed by atoms with van der Waals surface area (Å²) in [6, 6.07) is 0. The number of hydrogen-bond donors (Lipinski definition) is 5. The molecule has 6 N–H and O–H groups in total. The number of nitrogens with two attached hydrogens (primary N) is 1. The third kappa shape index (κ3) is 3.17. The third-order valence-corrected chi connectivity index (χ3v) is 4.93. The van der Waals surface area contributed by atoms with Gasteiger partial charge in [0, 0.05) is 0 Å². The van der Waals surface area contributed by atoms with Crippen LogP contribution in [0.2, 0.25) is 0 Å². The molecule has 0 aromatic carbocycles. The molecule has 24 heavy (non-hydrogen) atoms. The van der Waals surface area contributed by atoms with Crippen molar-refractivity contribution in [3.63, 3.8) is 0 Å². The molecule has 1 fully saturated rings. The van der Waals surface area contributed by atoms with Crippen molar-refractivity contribution in [1.29, 1.82) is 0 Å². The molecule has 5 atom stereocenters. The Bertz CT molecular complexity index is 799. The van der Waals surface area contributed by atoms with E-state index in [1.54, 1.807) is 0 Å². The Kier molecular flexibility index (Phi) is 4.61. The molecule has 1 unspecified atom stereocenters. The first-order valence-corrected chi connectivity index (χ1v) is 8.96. The molecule has 1 aliphatic heterocycles. The Morgan fingerprint density at radius 1 is 1.33 bits per heavy atom. The largest absolute Gasteiger partial charge is 0.470 e. The first kappa shape index (κ1) is 17.6. The number of halogens is 1. The number of alkyl halides is 1. The molecule has 0 bridgehead atoms. The van der Waals surface area contributed by atoms with Gasteiger partial charge in [-0.25, -0.2) is 19.5 Å². The number of aliphatic hydroxyl groups is 2. The number of rotatable bonds is 4. The SMILES string of the molecule is Nc1ncnc2c1ncn2[C@@H]1O[C@H](C(Br)OP(=O)(O)O)[C@@H](O)[C@H]1O. The minimum absolute atomic E-state index is 0.131. The number of phosphoric acid groups is 1. The van der Waals surface area contributed by atoms with Crippen molar-refractivity contribution in [2.24, 2.45) is 0 Å². The zero-order chi connectivity index (χ0) is 17.6. The van der Waals surface area contributed by atoms with Crippen molar-refractivity contribution < 1.29 is 33.8 Å². The zero-order valence-electron chi connectivity index (χ0n) is 11.7. The molecular formula is C10H13BrN5O7P. The lowest BCUT2D eigenvalue weighted by Crippen LogP contribution is -2.36. The minimum Gasteiger partial charge on any atom is -0.387 e. The Hall–Kier alpha value is -1.18. The number of fused-ring (bicyclic) bond motifs is 1. The summed E-state index contributed by atoms with van der Waals surface area (Å²) >= 11 is 2.88. The lowest BCUT2D eigenvalue weighted by Gasteiger charge is -2.20. The van der Waals surface area contributed by atoms with Crippen molar-refractivity contribution >= 4 is 40.7 Å². The lowest BCUT2D eigenvalue weighted by molar-refractivity contribution is -0.0568. The van der Waals surface area contributed by atoms with Crippen LogP contribution in [0.3, 0.4) is 0 Å². The van der Waals surface area contributed by atoms with E-state index < -0.39 is 37.4 Å². The van der Waals surface area contributed by atoms with Crippen molar-refractivity contribution in [2.45, 2.75) is 29.6 Å². The first-order chi connectivity index (χ1) is 11.2. The van der Waals surface area contributed by atoms with Crippen LogP contribution >= 0.6 is 23.8 Å². The van der Waals surface area contributed by atoms with Crippen LogP contribution in [-0.4, -0.2) is 62.8 Å². The van der Waals surface area contributed by atoms with Gasteiger partial charge in [-0.1, -0.05) is 15.9 Å². The smallest absolute Gasteiger partial charge is 0.387 e. The summed E-state index contributed by atoms with van der Waals surface area (Å²) in [7, 11) is -4.82. The van der Waals surface area contributed by atoms with Crippen LogP contribution in [0.25, 0.3) is 11.2 Å². The second kappa shape index (κ2) is 6.28. The Balaban J connectivity index is 1.89. The number of aliphatic hydroxyl groups excluding tert-OH is 2. The highest BCUT2D eigenvalue weighted by atomic mass is 79.9. The predicted octanol–water partition coefficient (Wildman–Crippen LogP) is -1.14. The molecule has 12 nitrogen and oxygen atoms in total. The van der Waals surface area contributed by atoms with E-state index in [4.69, 9.17) is 20.3 Å². The number of aromatic nitrogens is 4. The van der Waals surface area contributed by atoms with E-state index in [0.29, 0.717) is 0 Å². The van der Waals surface area contributed by atoms with Gasteiger partial charge < -0.3 is 30.5 Å². The van der Waals surface area contributed by atoms with Gasteiger partial charge in [-0.2, -0.15) is 0 Å². The Morgan fingerprint density at radius 2 is 2.04 bits per heavy atom. The molecule has 1 saturated heterocycles. The van der Waals surface area contributed by atoms with Gasteiger partial charge in [0.05, 0.1) is 6.33 Å². The molecule has 3 rings (SSSR count). The van der Waals surface area contributed by atoms with Crippen molar-refractivity contribution in [2.75, 3.05) is 5.73 Å². The molecule has 2 aromatic heterocycles. The lowest BCUT2D eigenvalue weighted by atomic mass is 10.1. The minimum atomic E-state index is -4.82. The quantitative estimate of drug-likeness (QED) is 0.294. The van der Waals surface area contributed by atoms with E-state index in [1.165, 1.54) is 17.2 Å². The maximum Gasteiger partial charge on any atom is 0.470 e. The molecule has 14 heteroatoms. The van der Waals surface area contributed by atoms with Crippen molar-refractivity contribution in [3.05, 3.63) is 12.7 Å². The van der Waals surface area contributed by atoms with E-state index in [9.17, 15) is 14.8 Å². The molecular weight excluding hydrogens is 413 g/mol. The monoisotopic (exact) mass is 425 g/mol. The van der Waals surface area contributed by atoms with E-state index in [1.807, 2.05) is 0 Å². The summed E-state index contributed by atoms with van der Waals surface area (Å²) in [5.74, 6) is 0.131. The Morgan fingerprint density at radius 3 is 2.71 bits per heavy atom. The fraction of sp³-hybridized carbons (Fsp3) is 0.500. The highest BCUT2D eigenvalue weighted by molar-refractivity contribution is 9.09. The van der Waals surface area contributed by atoms with Gasteiger partial charge in [0.15, 0.2) is 22.7 Å². The Labute approximate surface area is 142 Å². The van der Waals surface area contributed by atoms with Crippen LogP contribution in [0, 0.1) is 0 Å². The van der Waals surface area contributed by atoms with Gasteiger partial charge in [0.25, 0.3) is 0 Å². The number of anilines is 1. The van der Waals surface area contributed by atoms with Crippen molar-refractivity contribution in [1.82, 2.24) is 19.5 Å². The van der Waals surface area contributed by atoms with Gasteiger partial charge in [0.2, 0.25) is 0 Å². The van der Waals surface area contributed by atoms with E-state index in [2.05, 4.69) is 35.4 Å². The van der Waals surface area contributed by atoms with E-state index in [-0.39, 0.29) is 17.0 Å². The fourth-order valence-electron chi connectivity index (χ4n) is 2.38. The molecule has 1 aliphatic rings. The van der Waals surface area contributed by atoms with Crippen LogP contribution in [0.15, 0.2) is 12.7 Å².